The number of aldehydes is 1. The molecule has 0 radical (unpaired) electrons. The molecule has 0 aliphatic carbocycles. The summed E-state index contributed by atoms with van der Waals surface area (Å²) in [5, 5.41) is 4.51. The molecule has 0 spiro atoms. The molecule has 0 saturated carbocycles. The van der Waals surface area contributed by atoms with E-state index in [-0.39, 0.29) is 0 Å². The van der Waals surface area contributed by atoms with Crippen LogP contribution in [0, 0.1) is 0 Å². The van der Waals surface area contributed by atoms with Crippen LogP contribution < -0.4 is 0 Å². The molecule has 2 aromatic rings. The summed E-state index contributed by atoms with van der Waals surface area (Å²) in [6.07, 6.45) is 5.81. The lowest BCUT2D eigenvalue weighted by molar-refractivity contribution is 0.111. The van der Waals surface area contributed by atoms with Crippen LogP contribution in [0.15, 0.2) is 30.6 Å². The van der Waals surface area contributed by atoms with E-state index in [0.717, 1.165) is 18.4 Å². The third-order valence-corrected chi connectivity index (χ3v) is 3.02. The van der Waals surface area contributed by atoms with Crippen molar-refractivity contribution in [3.05, 3.63) is 42.0 Å². The number of carbonyl (C=O) groups is 1. The second-order valence-corrected chi connectivity index (χ2v) is 4.22. The fraction of sp³-hybridized carbons (Fsp3) is 0.385. The zero-order valence-corrected chi connectivity index (χ0v) is 10.2. The summed E-state index contributed by atoms with van der Waals surface area (Å²) in [6.45, 7) is 4.93. The van der Waals surface area contributed by atoms with Gasteiger partial charge in [0.2, 0.25) is 0 Å². The maximum absolute atomic E-state index is 10.8. The van der Waals surface area contributed by atoms with Gasteiger partial charge in [-0.15, -0.1) is 0 Å². The highest BCUT2D eigenvalue weighted by Crippen LogP contribution is 2.10. The summed E-state index contributed by atoms with van der Waals surface area (Å²) in [5.74, 6) is 0. The average molecular weight is 231 g/mol. The molecule has 0 saturated heterocycles. The third-order valence-electron chi connectivity index (χ3n) is 3.02. The number of carbonyl (C=O) groups excluding carboxylic acids is 1. The Morgan fingerprint density at radius 3 is 2.94 bits per heavy atom. The highest BCUT2D eigenvalue weighted by molar-refractivity contribution is 5.72. The van der Waals surface area contributed by atoms with E-state index in [9.17, 15) is 4.79 Å². The summed E-state index contributed by atoms with van der Waals surface area (Å²) in [4.78, 5) is 10.8. The van der Waals surface area contributed by atoms with Crippen molar-refractivity contribution in [2.24, 2.45) is 0 Å². The standard InChI is InChI=1S/C13H17N3O/c1-3-11(2)16-8-6-12(14-16)9-15-7-4-5-13(15)10-17/h4-8,10-11H,3,9H2,1-2H3. The molecule has 4 nitrogen and oxygen atoms in total. The van der Waals surface area contributed by atoms with E-state index in [1.807, 2.05) is 33.8 Å². The summed E-state index contributed by atoms with van der Waals surface area (Å²) >= 11 is 0. The topological polar surface area (TPSA) is 39.8 Å². The van der Waals surface area contributed by atoms with Crippen LogP contribution in [0.25, 0.3) is 0 Å². The molecule has 0 aromatic carbocycles. The van der Waals surface area contributed by atoms with Gasteiger partial charge >= 0.3 is 0 Å². The van der Waals surface area contributed by atoms with Gasteiger partial charge < -0.3 is 4.57 Å². The van der Waals surface area contributed by atoms with E-state index in [1.165, 1.54) is 0 Å². The van der Waals surface area contributed by atoms with Crippen molar-refractivity contribution in [3.63, 3.8) is 0 Å². The first-order valence-electron chi connectivity index (χ1n) is 5.89. The number of nitrogens with zero attached hydrogens (tertiary/aromatic N) is 3. The van der Waals surface area contributed by atoms with Crippen molar-refractivity contribution in [2.75, 3.05) is 0 Å². The van der Waals surface area contributed by atoms with Gasteiger partial charge in [0.15, 0.2) is 6.29 Å². The summed E-state index contributed by atoms with van der Waals surface area (Å²) < 4.78 is 3.87. The fourth-order valence-corrected chi connectivity index (χ4v) is 1.75. The van der Waals surface area contributed by atoms with Crippen molar-refractivity contribution in [1.82, 2.24) is 14.3 Å². The normalized spacial score (nSPS) is 12.6. The summed E-state index contributed by atoms with van der Waals surface area (Å²) in [6, 6.07) is 6.09. The molecule has 0 aliphatic heterocycles. The Hall–Kier alpha value is -1.84. The molecule has 90 valence electrons. The lowest BCUT2D eigenvalue weighted by Crippen LogP contribution is -2.07. The molecule has 4 heteroatoms. The largest absolute Gasteiger partial charge is 0.339 e. The second-order valence-electron chi connectivity index (χ2n) is 4.22. The molecule has 17 heavy (non-hydrogen) atoms. The molecular weight excluding hydrogens is 214 g/mol. The van der Waals surface area contributed by atoms with Gasteiger partial charge in [0, 0.05) is 18.4 Å². The molecule has 0 N–H and O–H groups in total. The SMILES string of the molecule is CCC(C)n1ccc(Cn2cccc2C=O)n1. The number of aromatic nitrogens is 3. The highest BCUT2D eigenvalue weighted by Gasteiger charge is 2.06. The van der Waals surface area contributed by atoms with Gasteiger partial charge in [-0.2, -0.15) is 5.10 Å². The lowest BCUT2D eigenvalue weighted by atomic mass is 10.3. The van der Waals surface area contributed by atoms with Gasteiger partial charge in [0.25, 0.3) is 0 Å². The Morgan fingerprint density at radius 1 is 1.41 bits per heavy atom. The van der Waals surface area contributed by atoms with Crippen LogP contribution in [0.4, 0.5) is 0 Å². The number of rotatable bonds is 5. The molecule has 0 aliphatic rings. The van der Waals surface area contributed by atoms with Gasteiger partial charge in [0.05, 0.1) is 17.9 Å². The predicted octanol–water partition coefficient (Wildman–Crippen LogP) is 2.52. The first kappa shape index (κ1) is 11.6. The Balaban J connectivity index is 2.14. The monoisotopic (exact) mass is 231 g/mol. The van der Waals surface area contributed by atoms with Crippen molar-refractivity contribution >= 4 is 6.29 Å². The van der Waals surface area contributed by atoms with E-state index in [4.69, 9.17) is 0 Å². The van der Waals surface area contributed by atoms with Crippen LogP contribution in [0.5, 0.6) is 0 Å². The van der Waals surface area contributed by atoms with E-state index >= 15 is 0 Å². The van der Waals surface area contributed by atoms with Crippen LogP contribution in [0.2, 0.25) is 0 Å². The van der Waals surface area contributed by atoms with Crippen LogP contribution >= 0.6 is 0 Å². The van der Waals surface area contributed by atoms with Gasteiger partial charge in [-0.3, -0.25) is 9.48 Å². The molecule has 0 bridgehead atoms. The van der Waals surface area contributed by atoms with Crippen molar-refractivity contribution in [1.29, 1.82) is 0 Å². The molecule has 0 amide bonds. The second kappa shape index (κ2) is 4.99. The maximum atomic E-state index is 10.8. The first-order valence-corrected chi connectivity index (χ1v) is 5.89. The van der Waals surface area contributed by atoms with Gasteiger partial charge in [-0.1, -0.05) is 6.92 Å². The maximum Gasteiger partial charge on any atom is 0.166 e. The molecular formula is C13H17N3O. The predicted molar refractivity (Wildman–Crippen MR) is 66.2 cm³/mol. The fourth-order valence-electron chi connectivity index (χ4n) is 1.75. The molecule has 1 unspecified atom stereocenters. The minimum absolute atomic E-state index is 0.416. The van der Waals surface area contributed by atoms with Crippen molar-refractivity contribution in [2.45, 2.75) is 32.9 Å². The zero-order chi connectivity index (χ0) is 12.3. The van der Waals surface area contributed by atoms with E-state index < -0.39 is 0 Å². The minimum Gasteiger partial charge on any atom is -0.339 e. The Labute approximate surface area is 101 Å². The molecule has 1 atom stereocenters. The summed E-state index contributed by atoms with van der Waals surface area (Å²) in [7, 11) is 0. The van der Waals surface area contributed by atoms with Crippen LogP contribution in [-0.2, 0) is 6.54 Å². The van der Waals surface area contributed by atoms with Crippen LogP contribution in [0.1, 0.15) is 42.5 Å². The first-order chi connectivity index (χ1) is 8.24. The van der Waals surface area contributed by atoms with Crippen molar-refractivity contribution < 1.29 is 4.79 Å². The molecule has 2 rings (SSSR count). The third kappa shape index (κ3) is 2.46. The Bertz CT molecular complexity index is 498. The Kier molecular flexibility index (Phi) is 3.42. The van der Waals surface area contributed by atoms with Crippen LogP contribution in [0.3, 0.4) is 0 Å². The lowest BCUT2D eigenvalue weighted by Gasteiger charge is -2.08. The minimum atomic E-state index is 0.416. The van der Waals surface area contributed by atoms with Crippen molar-refractivity contribution in [3.8, 4) is 0 Å². The van der Waals surface area contributed by atoms with Gasteiger partial charge in [-0.25, -0.2) is 0 Å². The smallest absolute Gasteiger partial charge is 0.166 e. The number of hydrogen-bond donors (Lipinski definition) is 0. The van der Waals surface area contributed by atoms with Crippen LogP contribution in [-0.4, -0.2) is 20.6 Å². The van der Waals surface area contributed by atoms with Gasteiger partial charge in [0.1, 0.15) is 0 Å². The quantitative estimate of drug-likeness (QED) is 0.742. The average Bonchev–Trinajstić information content (AvgIpc) is 2.97. The molecule has 2 heterocycles. The molecule has 0 fully saturated rings. The van der Waals surface area contributed by atoms with Gasteiger partial charge in [-0.05, 0) is 31.5 Å². The molecule has 2 aromatic heterocycles. The number of hydrogen-bond acceptors (Lipinski definition) is 2. The Morgan fingerprint density at radius 2 is 2.24 bits per heavy atom. The van der Waals surface area contributed by atoms with E-state index in [0.29, 0.717) is 18.3 Å². The highest BCUT2D eigenvalue weighted by atomic mass is 16.1. The summed E-state index contributed by atoms with van der Waals surface area (Å²) in [5.41, 5.74) is 1.66. The van der Waals surface area contributed by atoms with E-state index in [2.05, 4.69) is 18.9 Å². The van der Waals surface area contributed by atoms with E-state index in [1.54, 1.807) is 6.07 Å². The zero-order valence-electron chi connectivity index (χ0n) is 10.2.